The quantitative estimate of drug-likeness (QED) is 0.352. The monoisotopic (exact) mass is 441 g/mol. The fraction of sp³-hybridized carbons (Fsp3) is 0.550. The maximum atomic E-state index is 11.6. The number of rotatable bonds is 8. The molecule has 3 atom stereocenters. The highest BCUT2D eigenvalue weighted by atomic mass is 32.2. The van der Waals surface area contributed by atoms with E-state index >= 15 is 0 Å². The summed E-state index contributed by atoms with van der Waals surface area (Å²) in [4.78, 5) is 17.1. The number of carboxylic acids is 1. The van der Waals surface area contributed by atoms with Gasteiger partial charge in [-0.15, -0.1) is 11.8 Å². The number of hydrogen-bond acceptors (Lipinski definition) is 8. The van der Waals surface area contributed by atoms with Crippen LogP contribution in [0, 0.1) is 0 Å². The Balaban J connectivity index is 2.07. The molecule has 0 radical (unpaired) electrons. The molecule has 1 aromatic rings. The molecule has 1 saturated heterocycles. The number of ether oxygens (including phenoxy) is 2. The summed E-state index contributed by atoms with van der Waals surface area (Å²) in [6.45, 7) is 7.98. The molecule has 1 aromatic carbocycles. The number of carboxylic acid groups (broad SMARTS) is 1. The maximum absolute atomic E-state index is 11.6. The molecule has 0 bridgehead atoms. The predicted molar refractivity (Wildman–Crippen MR) is 113 cm³/mol. The minimum absolute atomic E-state index is 0.0871. The first-order valence-electron chi connectivity index (χ1n) is 9.49. The number of carbonyl (C=O) groups is 1. The Morgan fingerprint density at radius 2 is 2.10 bits per heavy atom. The number of hydrogen-bond donors (Lipinski definition) is 2. The Morgan fingerprint density at radius 3 is 2.62 bits per heavy atom. The summed E-state index contributed by atoms with van der Waals surface area (Å²) in [5.74, 6) is 0.157. The average molecular weight is 442 g/mol. The Bertz CT molecular complexity index is 784. The van der Waals surface area contributed by atoms with Crippen LogP contribution < -0.4 is 5.32 Å². The second kappa shape index (κ2) is 8.87. The fourth-order valence-electron chi connectivity index (χ4n) is 3.46. The maximum Gasteiger partial charge on any atom is 0.321 e. The van der Waals surface area contributed by atoms with Crippen molar-refractivity contribution >= 4 is 35.3 Å². The van der Waals surface area contributed by atoms with Crippen molar-refractivity contribution in [2.75, 3.05) is 12.9 Å². The standard InChI is InChI=1S/C20H27NO6S2/c1-6-19(4)16(13-7-9-14(10-8-13)29-27-24-5)17(25-12(2)3)20(26-19)21-15(11-28-20)18(22)23/h7-10,12,15,21H,6,11H2,1-5H3,(H,22,23)/t15-,19-,20?/m0/s1. The molecule has 1 spiro atoms. The fourth-order valence-corrected chi connectivity index (χ4v) is 5.23. The summed E-state index contributed by atoms with van der Waals surface area (Å²) in [5, 5.41) is 11.6. The normalized spacial score (nSPS) is 29.2. The summed E-state index contributed by atoms with van der Waals surface area (Å²) in [6, 6.07) is 7.16. The number of thioether (sulfide) groups is 1. The van der Waals surface area contributed by atoms with E-state index in [2.05, 4.69) is 17.1 Å². The molecule has 0 amide bonds. The number of benzene rings is 1. The Kier molecular flexibility index (Phi) is 6.87. The van der Waals surface area contributed by atoms with E-state index in [4.69, 9.17) is 13.8 Å². The highest BCUT2D eigenvalue weighted by molar-refractivity contribution is 8.01. The van der Waals surface area contributed by atoms with Crippen LogP contribution in [0.3, 0.4) is 0 Å². The summed E-state index contributed by atoms with van der Waals surface area (Å²) < 4.78 is 17.7. The molecule has 2 N–H and O–H groups in total. The topological polar surface area (TPSA) is 86.3 Å². The van der Waals surface area contributed by atoms with Gasteiger partial charge in [0, 0.05) is 16.2 Å². The molecule has 0 aromatic heterocycles. The minimum Gasteiger partial charge on any atom is -0.489 e. The SMILES string of the molecule is CC[C@]1(C)OC2(N[C@H](C(=O)O)CS2)C(OC(C)C)=C1c1ccc(SOOC)cc1. The van der Waals surface area contributed by atoms with E-state index in [0.29, 0.717) is 17.9 Å². The lowest BCUT2D eigenvalue weighted by Crippen LogP contribution is -2.49. The molecule has 2 heterocycles. The van der Waals surface area contributed by atoms with E-state index in [1.165, 1.54) is 18.9 Å². The van der Waals surface area contributed by atoms with Gasteiger partial charge < -0.3 is 14.6 Å². The molecule has 1 fully saturated rings. The molecule has 3 rings (SSSR count). The molecule has 160 valence electrons. The lowest BCUT2D eigenvalue weighted by molar-refractivity contribution is -0.160. The predicted octanol–water partition coefficient (Wildman–Crippen LogP) is 4.05. The number of nitrogens with one attached hydrogen (secondary N) is 1. The van der Waals surface area contributed by atoms with Crippen molar-refractivity contribution in [3.63, 3.8) is 0 Å². The molecule has 1 unspecified atom stereocenters. The van der Waals surface area contributed by atoms with E-state index in [9.17, 15) is 9.90 Å². The molecular formula is C20H27NO6S2. The van der Waals surface area contributed by atoms with Crippen LogP contribution in [0.5, 0.6) is 0 Å². The van der Waals surface area contributed by atoms with Gasteiger partial charge in [0.1, 0.15) is 6.04 Å². The first-order valence-corrected chi connectivity index (χ1v) is 11.2. The molecule has 2 aliphatic heterocycles. The Morgan fingerprint density at radius 1 is 1.41 bits per heavy atom. The van der Waals surface area contributed by atoms with E-state index in [1.807, 2.05) is 45.0 Å². The van der Waals surface area contributed by atoms with E-state index in [0.717, 1.165) is 28.1 Å². The van der Waals surface area contributed by atoms with Crippen molar-refractivity contribution in [2.45, 2.75) is 61.8 Å². The van der Waals surface area contributed by atoms with Crippen LogP contribution in [-0.2, 0) is 23.5 Å². The largest absolute Gasteiger partial charge is 0.489 e. The van der Waals surface area contributed by atoms with Crippen molar-refractivity contribution in [3.8, 4) is 0 Å². The van der Waals surface area contributed by atoms with Crippen LogP contribution in [-0.4, -0.2) is 46.7 Å². The molecule has 9 heteroatoms. The third kappa shape index (κ3) is 4.45. The Hall–Kier alpha value is -1.23. The highest BCUT2D eigenvalue weighted by Crippen LogP contribution is 2.55. The first kappa shape index (κ1) is 22.5. The number of aliphatic carboxylic acids is 1. The van der Waals surface area contributed by atoms with Gasteiger partial charge in [-0.3, -0.25) is 10.1 Å². The second-order valence-corrected chi connectivity index (χ2v) is 9.33. The summed E-state index contributed by atoms with van der Waals surface area (Å²) >= 11 is 2.56. The zero-order valence-electron chi connectivity index (χ0n) is 17.2. The van der Waals surface area contributed by atoms with Crippen LogP contribution >= 0.6 is 23.8 Å². The highest BCUT2D eigenvalue weighted by Gasteiger charge is 2.59. The van der Waals surface area contributed by atoms with Crippen molar-refractivity contribution in [1.29, 1.82) is 0 Å². The van der Waals surface area contributed by atoms with Gasteiger partial charge in [0.15, 0.2) is 5.76 Å². The van der Waals surface area contributed by atoms with Gasteiger partial charge in [-0.1, -0.05) is 19.1 Å². The molecule has 2 aliphatic rings. The summed E-state index contributed by atoms with van der Waals surface area (Å²) in [5.41, 5.74) is 1.27. The third-order valence-corrected chi connectivity index (χ3v) is 6.87. The van der Waals surface area contributed by atoms with Gasteiger partial charge in [0.2, 0.25) is 5.06 Å². The molecular weight excluding hydrogens is 414 g/mol. The van der Waals surface area contributed by atoms with Gasteiger partial charge in [-0.2, -0.15) is 4.33 Å². The molecule has 29 heavy (non-hydrogen) atoms. The summed E-state index contributed by atoms with van der Waals surface area (Å²) in [6.07, 6.45) is 0.620. The van der Waals surface area contributed by atoms with Crippen LogP contribution in [0.15, 0.2) is 34.9 Å². The van der Waals surface area contributed by atoms with Gasteiger partial charge in [0.25, 0.3) is 0 Å². The van der Waals surface area contributed by atoms with E-state index in [1.54, 1.807) is 0 Å². The molecule has 0 aliphatic carbocycles. The van der Waals surface area contributed by atoms with Crippen LogP contribution in [0.1, 0.15) is 39.7 Å². The second-order valence-electron chi connectivity index (χ2n) is 7.36. The molecule has 7 nitrogen and oxygen atoms in total. The van der Waals surface area contributed by atoms with Gasteiger partial charge >= 0.3 is 5.97 Å². The smallest absolute Gasteiger partial charge is 0.321 e. The van der Waals surface area contributed by atoms with Gasteiger partial charge in [-0.25, -0.2) is 4.89 Å². The minimum atomic E-state index is -1.01. The summed E-state index contributed by atoms with van der Waals surface area (Å²) in [7, 11) is 1.46. The van der Waals surface area contributed by atoms with Crippen molar-refractivity contribution in [1.82, 2.24) is 5.32 Å². The van der Waals surface area contributed by atoms with E-state index in [-0.39, 0.29) is 6.10 Å². The zero-order valence-corrected chi connectivity index (χ0v) is 18.8. The van der Waals surface area contributed by atoms with Crippen molar-refractivity contribution in [3.05, 3.63) is 35.6 Å². The van der Waals surface area contributed by atoms with Gasteiger partial charge in [-0.05, 0) is 44.9 Å². The Labute approximate surface area is 179 Å². The van der Waals surface area contributed by atoms with Crippen LogP contribution in [0.2, 0.25) is 0 Å². The lowest BCUT2D eigenvalue weighted by atomic mass is 9.88. The zero-order chi connectivity index (χ0) is 21.2. The molecule has 0 saturated carbocycles. The van der Waals surface area contributed by atoms with E-state index < -0.39 is 22.7 Å². The van der Waals surface area contributed by atoms with Crippen LogP contribution in [0.25, 0.3) is 5.57 Å². The van der Waals surface area contributed by atoms with Crippen molar-refractivity contribution in [2.24, 2.45) is 0 Å². The third-order valence-electron chi connectivity index (χ3n) is 4.91. The lowest BCUT2D eigenvalue weighted by Gasteiger charge is -2.31. The first-order chi connectivity index (χ1) is 13.7. The van der Waals surface area contributed by atoms with Crippen molar-refractivity contribution < 1.29 is 28.6 Å². The van der Waals surface area contributed by atoms with Gasteiger partial charge in [0.05, 0.1) is 30.9 Å². The van der Waals surface area contributed by atoms with Crippen LogP contribution in [0.4, 0.5) is 0 Å². The average Bonchev–Trinajstić information content (AvgIpc) is 3.21.